The fourth-order valence-corrected chi connectivity index (χ4v) is 12.1. The predicted octanol–water partition coefficient (Wildman–Crippen LogP) is 8.11. The third-order valence-electron chi connectivity index (χ3n) is 9.37. The summed E-state index contributed by atoms with van der Waals surface area (Å²) in [6.07, 6.45) is 2.32. The molecule has 0 saturated carbocycles. The van der Waals surface area contributed by atoms with Crippen LogP contribution in [0.4, 0.5) is 0 Å². The lowest BCUT2D eigenvalue weighted by atomic mass is 9.87. The molecule has 6 aromatic carbocycles. The van der Waals surface area contributed by atoms with Crippen LogP contribution in [-0.4, -0.2) is 17.6 Å². The second-order valence-electron chi connectivity index (χ2n) is 13.2. The summed E-state index contributed by atoms with van der Waals surface area (Å²) >= 11 is 0. The van der Waals surface area contributed by atoms with Crippen molar-refractivity contribution >= 4 is 50.8 Å². The Hall–Kier alpha value is -5.45. The zero-order valence-corrected chi connectivity index (χ0v) is 27.9. The van der Waals surface area contributed by atoms with Gasteiger partial charge in [0.2, 0.25) is 5.89 Å². The van der Waals surface area contributed by atoms with Crippen molar-refractivity contribution in [3.05, 3.63) is 169 Å². The number of aromatic nitrogens is 2. The number of fused-ring (bicyclic) bond motifs is 2. The van der Waals surface area contributed by atoms with E-state index in [0.29, 0.717) is 5.89 Å². The third-order valence-corrected chi connectivity index (χ3v) is 14.2. The van der Waals surface area contributed by atoms with Gasteiger partial charge in [-0.1, -0.05) is 142 Å². The highest BCUT2D eigenvalue weighted by molar-refractivity contribution is 7.20. The number of nitrogens with zero attached hydrogens (tertiary/aromatic N) is 2. The Morgan fingerprint density at radius 3 is 1.83 bits per heavy atom. The lowest BCUT2D eigenvalue weighted by Crippen LogP contribution is -2.75. The van der Waals surface area contributed by atoms with E-state index >= 15 is 0 Å². The van der Waals surface area contributed by atoms with Crippen molar-refractivity contribution in [1.82, 2.24) is 9.55 Å². The van der Waals surface area contributed by atoms with Crippen LogP contribution in [0.1, 0.15) is 26.3 Å². The molecule has 8 aromatic rings. The van der Waals surface area contributed by atoms with Crippen LogP contribution in [-0.2, 0) is 5.41 Å². The van der Waals surface area contributed by atoms with E-state index in [1.54, 1.807) is 0 Å². The summed E-state index contributed by atoms with van der Waals surface area (Å²) in [7, 11) is -2.89. The Morgan fingerprint density at radius 2 is 1.15 bits per heavy atom. The number of hydrogen-bond donors (Lipinski definition) is 0. The molecule has 0 atom stereocenters. The van der Waals surface area contributed by atoms with Crippen molar-refractivity contribution in [3.63, 3.8) is 0 Å². The van der Waals surface area contributed by atoms with Crippen LogP contribution in [0, 0.1) is 0 Å². The summed E-state index contributed by atoms with van der Waals surface area (Å²) in [6, 6.07) is 56.8. The molecule has 0 aliphatic rings. The average molecular weight is 625 g/mol. The Bertz CT molecular complexity index is 2260. The van der Waals surface area contributed by atoms with E-state index in [1.807, 2.05) is 24.3 Å². The van der Waals surface area contributed by atoms with Crippen molar-refractivity contribution in [1.29, 1.82) is 0 Å². The third kappa shape index (κ3) is 4.84. The second-order valence-corrected chi connectivity index (χ2v) is 17.0. The normalized spacial score (nSPS) is 12.1. The minimum absolute atomic E-state index is 0.0296. The van der Waals surface area contributed by atoms with Gasteiger partial charge in [0.05, 0.1) is 5.52 Å². The minimum atomic E-state index is -2.89. The molecule has 3 nitrogen and oxygen atoms in total. The van der Waals surface area contributed by atoms with Gasteiger partial charge < -0.3 is 8.98 Å². The molecule has 47 heavy (non-hydrogen) atoms. The van der Waals surface area contributed by atoms with Crippen LogP contribution >= 0.6 is 0 Å². The van der Waals surface area contributed by atoms with Crippen molar-refractivity contribution in [2.45, 2.75) is 26.2 Å². The molecule has 0 aliphatic carbocycles. The first-order valence-electron chi connectivity index (χ1n) is 16.2. The molecule has 0 spiro atoms. The summed E-state index contributed by atoms with van der Waals surface area (Å²) in [5.41, 5.74) is 6.43. The first-order valence-corrected chi connectivity index (χ1v) is 18.2. The number of para-hydroxylation sites is 3. The van der Waals surface area contributed by atoms with E-state index in [4.69, 9.17) is 9.40 Å². The van der Waals surface area contributed by atoms with E-state index < -0.39 is 8.07 Å². The smallest absolute Gasteiger partial charge is 0.227 e. The summed E-state index contributed by atoms with van der Waals surface area (Å²) in [4.78, 5) is 5.00. The van der Waals surface area contributed by atoms with Crippen molar-refractivity contribution < 1.29 is 4.42 Å². The maximum atomic E-state index is 6.45. The first kappa shape index (κ1) is 29.0. The molecule has 0 amide bonds. The highest BCUT2D eigenvalue weighted by atomic mass is 28.3. The van der Waals surface area contributed by atoms with Gasteiger partial charge >= 0.3 is 0 Å². The van der Waals surface area contributed by atoms with Gasteiger partial charge in [-0.3, -0.25) is 0 Å². The molecule has 0 fully saturated rings. The molecule has 0 unspecified atom stereocenters. The number of oxazole rings is 1. The van der Waals surface area contributed by atoms with Gasteiger partial charge in [-0.15, -0.1) is 0 Å². The standard InChI is InChI=1S/C43H36N2OSi/c1-43(2,3)37-30-45(39-23-13-10-20-35(37)39)31-26-28-34(29-27-31)47(32-16-6-4-7-17-32,33-18-8-5-9-19-33)41-25-15-11-21-36(41)42-44-38-22-12-14-24-40(38)46-42/h4-30H,1-3H3. The Balaban J connectivity index is 1.39. The van der Waals surface area contributed by atoms with Crippen molar-refractivity contribution in [3.8, 4) is 17.1 Å². The van der Waals surface area contributed by atoms with Crippen LogP contribution in [0.3, 0.4) is 0 Å². The maximum absolute atomic E-state index is 6.45. The lowest BCUT2D eigenvalue weighted by Gasteiger charge is -2.35. The van der Waals surface area contributed by atoms with Gasteiger partial charge in [-0.25, -0.2) is 4.98 Å². The van der Waals surface area contributed by atoms with Crippen molar-refractivity contribution in [2.75, 3.05) is 0 Å². The van der Waals surface area contributed by atoms with Crippen LogP contribution in [0.15, 0.2) is 168 Å². The number of benzene rings is 6. The molecule has 4 heteroatoms. The largest absolute Gasteiger partial charge is 0.436 e. The van der Waals surface area contributed by atoms with Crippen LogP contribution in [0.2, 0.25) is 0 Å². The molecule has 8 rings (SSSR count). The van der Waals surface area contributed by atoms with Crippen LogP contribution < -0.4 is 20.7 Å². The molecule has 0 bridgehead atoms. The molecular weight excluding hydrogens is 589 g/mol. The second kappa shape index (κ2) is 11.4. The van der Waals surface area contributed by atoms with Crippen LogP contribution in [0.5, 0.6) is 0 Å². The van der Waals surface area contributed by atoms with Gasteiger partial charge in [-0.2, -0.15) is 0 Å². The molecule has 0 radical (unpaired) electrons. The predicted molar refractivity (Wildman–Crippen MR) is 199 cm³/mol. The Labute approximate surface area is 276 Å². The molecule has 0 saturated heterocycles. The summed E-state index contributed by atoms with van der Waals surface area (Å²) in [5, 5.41) is 6.47. The Kier molecular flexibility index (Phi) is 7.04. The zero-order valence-electron chi connectivity index (χ0n) is 26.9. The highest BCUT2D eigenvalue weighted by Gasteiger charge is 2.43. The van der Waals surface area contributed by atoms with Gasteiger partial charge in [0.1, 0.15) is 5.52 Å². The molecule has 0 N–H and O–H groups in total. The van der Waals surface area contributed by atoms with Gasteiger partial charge in [0.25, 0.3) is 0 Å². The molecule has 2 heterocycles. The SMILES string of the molecule is CC(C)(C)c1cn(-c2ccc([Si](c3ccccc3)(c3ccccc3)c3ccccc3-c3nc4ccccc4o3)cc2)c2ccccc12. The average Bonchev–Trinajstić information content (AvgIpc) is 3.73. The monoisotopic (exact) mass is 624 g/mol. The van der Waals surface area contributed by atoms with E-state index in [2.05, 4.69) is 165 Å². The molecule has 228 valence electrons. The molecule has 2 aromatic heterocycles. The van der Waals surface area contributed by atoms with E-state index in [9.17, 15) is 0 Å². The van der Waals surface area contributed by atoms with E-state index in [1.165, 1.54) is 37.2 Å². The quantitative estimate of drug-likeness (QED) is 0.138. The molecular formula is C43H36N2OSi. The van der Waals surface area contributed by atoms with Gasteiger partial charge in [0, 0.05) is 22.8 Å². The summed E-state index contributed by atoms with van der Waals surface area (Å²) in [5.74, 6) is 0.649. The Morgan fingerprint density at radius 1 is 0.574 bits per heavy atom. The topological polar surface area (TPSA) is 31.0 Å². The zero-order chi connectivity index (χ0) is 32.0. The van der Waals surface area contributed by atoms with Gasteiger partial charge in [-0.05, 0) is 68.1 Å². The first-order chi connectivity index (χ1) is 22.9. The molecule has 0 aliphatic heterocycles. The maximum Gasteiger partial charge on any atom is 0.227 e. The fourth-order valence-electron chi connectivity index (χ4n) is 7.19. The summed E-state index contributed by atoms with van der Waals surface area (Å²) in [6.45, 7) is 6.86. The number of rotatable bonds is 6. The highest BCUT2D eigenvalue weighted by Crippen LogP contribution is 2.33. The van der Waals surface area contributed by atoms with Crippen molar-refractivity contribution in [2.24, 2.45) is 0 Å². The lowest BCUT2D eigenvalue weighted by molar-refractivity contribution is 0.594. The summed E-state index contributed by atoms with van der Waals surface area (Å²) < 4.78 is 8.80. The van der Waals surface area contributed by atoms with E-state index in [-0.39, 0.29) is 5.41 Å². The minimum Gasteiger partial charge on any atom is -0.436 e. The van der Waals surface area contributed by atoms with Crippen LogP contribution in [0.25, 0.3) is 39.1 Å². The fraction of sp³-hybridized carbons (Fsp3) is 0.0930. The van der Waals surface area contributed by atoms with Gasteiger partial charge in [0.15, 0.2) is 13.7 Å². The number of hydrogen-bond acceptors (Lipinski definition) is 2. The van der Waals surface area contributed by atoms with E-state index in [0.717, 1.165) is 22.4 Å².